The lowest BCUT2D eigenvalue weighted by molar-refractivity contribution is -0.0832. The van der Waals surface area contributed by atoms with Gasteiger partial charge in [-0.3, -0.25) is 0 Å². The first-order chi connectivity index (χ1) is 10.1. The molecule has 1 fully saturated rings. The molecule has 1 heterocycles. The van der Waals surface area contributed by atoms with Crippen LogP contribution in [0.15, 0.2) is 12.1 Å². The molecule has 0 N–H and O–H groups in total. The van der Waals surface area contributed by atoms with Gasteiger partial charge >= 0.3 is 0 Å². The van der Waals surface area contributed by atoms with Crippen molar-refractivity contribution in [2.24, 2.45) is 0 Å². The van der Waals surface area contributed by atoms with E-state index in [-0.39, 0.29) is 11.4 Å². The Morgan fingerprint density at radius 3 is 2.76 bits per heavy atom. The van der Waals surface area contributed by atoms with E-state index >= 15 is 0 Å². The molecule has 0 amide bonds. The summed E-state index contributed by atoms with van der Waals surface area (Å²) < 4.78 is 21.6. The lowest BCUT2D eigenvalue weighted by atomic mass is 9.80. The van der Waals surface area contributed by atoms with Gasteiger partial charge in [0.1, 0.15) is 11.6 Å². The SMILES string of the molecule is COC1(Cn2c(CCCl)nc3cc(F)c(C)cc32)CCC1. The van der Waals surface area contributed by atoms with Crippen LogP contribution in [0, 0.1) is 12.7 Å². The van der Waals surface area contributed by atoms with E-state index in [1.165, 1.54) is 12.5 Å². The van der Waals surface area contributed by atoms with Crippen molar-refractivity contribution in [2.45, 2.75) is 44.8 Å². The van der Waals surface area contributed by atoms with E-state index < -0.39 is 0 Å². The summed E-state index contributed by atoms with van der Waals surface area (Å²) in [6.07, 6.45) is 3.99. The Balaban J connectivity index is 2.09. The lowest BCUT2D eigenvalue weighted by Crippen LogP contribution is -2.43. The maximum Gasteiger partial charge on any atom is 0.128 e. The second-order valence-corrected chi connectivity index (χ2v) is 6.26. The number of aromatic nitrogens is 2. The van der Waals surface area contributed by atoms with E-state index in [2.05, 4.69) is 9.55 Å². The van der Waals surface area contributed by atoms with Crippen LogP contribution in [0.3, 0.4) is 0 Å². The quantitative estimate of drug-likeness (QED) is 0.785. The number of ether oxygens (including phenoxy) is 1. The maximum atomic E-state index is 13.8. The Morgan fingerprint density at radius 2 is 2.19 bits per heavy atom. The monoisotopic (exact) mass is 310 g/mol. The van der Waals surface area contributed by atoms with Crippen molar-refractivity contribution in [3.63, 3.8) is 0 Å². The fraction of sp³-hybridized carbons (Fsp3) is 0.562. The first-order valence-corrected chi connectivity index (χ1v) is 7.88. The molecule has 1 aromatic carbocycles. The molecule has 114 valence electrons. The molecule has 1 aliphatic carbocycles. The normalized spacial score (nSPS) is 17.1. The van der Waals surface area contributed by atoms with Crippen LogP contribution in [0.5, 0.6) is 0 Å². The van der Waals surface area contributed by atoms with E-state index in [4.69, 9.17) is 16.3 Å². The third-order valence-electron chi connectivity index (χ3n) is 4.57. The van der Waals surface area contributed by atoms with Gasteiger partial charge in [0, 0.05) is 25.5 Å². The number of aryl methyl sites for hydroxylation is 2. The predicted molar refractivity (Wildman–Crippen MR) is 82.4 cm³/mol. The Morgan fingerprint density at radius 1 is 1.43 bits per heavy atom. The minimum atomic E-state index is -0.213. The summed E-state index contributed by atoms with van der Waals surface area (Å²) >= 11 is 5.89. The molecule has 1 aromatic heterocycles. The number of halogens is 2. The summed E-state index contributed by atoms with van der Waals surface area (Å²) in [6, 6.07) is 3.39. The van der Waals surface area contributed by atoms with Crippen LogP contribution in [-0.2, 0) is 17.7 Å². The first-order valence-electron chi connectivity index (χ1n) is 7.35. The molecular formula is C16H20ClFN2O. The molecule has 3 rings (SSSR count). The molecule has 0 unspecified atom stereocenters. The minimum Gasteiger partial charge on any atom is -0.376 e. The first kappa shape index (κ1) is 14.8. The fourth-order valence-electron chi connectivity index (χ4n) is 3.04. The zero-order chi connectivity index (χ0) is 15.0. The van der Waals surface area contributed by atoms with Gasteiger partial charge in [-0.15, -0.1) is 11.6 Å². The highest BCUT2D eigenvalue weighted by molar-refractivity contribution is 6.17. The molecule has 1 saturated carbocycles. The molecule has 1 aliphatic rings. The standard InChI is InChI=1S/C16H20ClFN2O/c1-11-8-14-13(9-12(11)18)19-15(4-7-17)20(14)10-16(21-2)5-3-6-16/h8-9H,3-7,10H2,1-2H3. The fourth-order valence-corrected chi connectivity index (χ4v) is 3.21. The van der Waals surface area contributed by atoms with Crippen molar-refractivity contribution in [3.8, 4) is 0 Å². The summed E-state index contributed by atoms with van der Waals surface area (Å²) in [5.41, 5.74) is 2.21. The number of imidazole rings is 1. The zero-order valence-electron chi connectivity index (χ0n) is 12.5. The van der Waals surface area contributed by atoms with Crippen molar-refractivity contribution in [3.05, 3.63) is 29.3 Å². The number of nitrogens with zero attached hydrogens (tertiary/aromatic N) is 2. The van der Waals surface area contributed by atoms with Gasteiger partial charge in [0.25, 0.3) is 0 Å². The Hall–Kier alpha value is -1.13. The second kappa shape index (κ2) is 5.58. The third kappa shape index (κ3) is 2.55. The molecular weight excluding hydrogens is 291 g/mol. The van der Waals surface area contributed by atoms with Crippen molar-refractivity contribution >= 4 is 22.6 Å². The number of alkyl halides is 1. The van der Waals surface area contributed by atoms with E-state index in [0.717, 1.165) is 30.7 Å². The number of methoxy groups -OCH3 is 1. The minimum absolute atomic E-state index is 0.100. The van der Waals surface area contributed by atoms with Gasteiger partial charge in [-0.2, -0.15) is 0 Å². The van der Waals surface area contributed by atoms with Crippen LogP contribution >= 0.6 is 11.6 Å². The van der Waals surface area contributed by atoms with Gasteiger partial charge in [-0.25, -0.2) is 9.37 Å². The van der Waals surface area contributed by atoms with Gasteiger partial charge in [0.05, 0.1) is 23.2 Å². The molecule has 0 spiro atoms. The molecule has 5 heteroatoms. The van der Waals surface area contributed by atoms with Crippen molar-refractivity contribution in [1.29, 1.82) is 0 Å². The second-order valence-electron chi connectivity index (χ2n) is 5.88. The number of hydrogen-bond donors (Lipinski definition) is 0. The zero-order valence-corrected chi connectivity index (χ0v) is 13.2. The molecule has 0 radical (unpaired) electrons. The third-order valence-corrected chi connectivity index (χ3v) is 4.76. The van der Waals surface area contributed by atoms with E-state index in [1.54, 1.807) is 14.0 Å². The van der Waals surface area contributed by atoms with Crippen LogP contribution in [0.4, 0.5) is 4.39 Å². The summed E-state index contributed by atoms with van der Waals surface area (Å²) in [4.78, 5) is 4.56. The van der Waals surface area contributed by atoms with Crippen molar-refractivity contribution in [2.75, 3.05) is 13.0 Å². The largest absolute Gasteiger partial charge is 0.376 e. The van der Waals surface area contributed by atoms with Crippen LogP contribution in [0.2, 0.25) is 0 Å². The number of benzene rings is 1. The number of rotatable bonds is 5. The van der Waals surface area contributed by atoms with Crippen LogP contribution < -0.4 is 0 Å². The van der Waals surface area contributed by atoms with E-state index in [1.807, 2.05) is 6.07 Å². The van der Waals surface area contributed by atoms with Crippen LogP contribution in [0.25, 0.3) is 11.0 Å². The highest BCUT2D eigenvalue weighted by Crippen LogP contribution is 2.37. The molecule has 0 atom stereocenters. The summed E-state index contributed by atoms with van der Waals surface area (Å²) in [5, 5.41) is 0. The van der Waals surface area contributed by atoms with Gasteiger partial charge in [-0.1, -0.05) is 0 Å². The highest BCUT2D eigenvalue weighted by Gasteiger charge is 2.38. The maximum absolute atomic E-state index is 13.8. The Bertz CT molecular complexity index is 658. The lowest BCUT2D eigenvalue weighted by Gasteiger charge is -2.41. The van der Waals surface area contributed by atoms with Gasteiger partial charge in [-0.05, 0) is 37.8 Å². The van der Waals surface area contributed by atoms with Crippen LogP contribution in [-0.4, -0.2) is 28.1 Å². The van der Waals surface area contributed by atoms with Crippen LogP contribution in [0.1, 0.15) is 30.7 Å². The van der Waals surface area contributed by atoms with Gasteiger partial charge in [0.15, 0.2) is 0 Å². The number of hydrogen-bond acceptors (Lipinski definition) is 2. The Kier molecular flexibility index (Phi) is 3.93. The van der Waals surface area contributed by atoms with Gasteiger partial charge < -0.3 is 9.30 Å². The summed E-state index contributed by atoms with van der Waals surface area (Å²) in [6.45, 7) is 2.54. The van der Waals surface area contributed by atoms with Crippen molar-refractivity contribution in [1.82, 2.24) is 9.55 Å². The molecule has 2 aromatic rings. The average molecular weight is 311 g/mol. The average Bonchev–Trinajstić information content (AvgIpc) is 2.72. The molecule has 0 bridgehead atoms. The highest BCUT2D eigenvalue weighted by atomic mass is 35.5. The topological polar surface area (TPSA) is 27.1 Å². The Labute approximate surface area is 129 Å². The van der Waals surface area contributed by atoms with Crippen molar-refractivity contribution < 1.29 is 9.13 Å². The molecule has 3 nitrogen and oxygen atoms in total. The van der Waals surface area contributed by atoms with E-state index in [9.17, 15) is 4.39 Å². The molecule has 0 saturated heterocycles. The number of fused-ring (bicyclic) bond motifs is 1. The smallest absolute Gasteiger partial charge is 0.128 e. The van der Waals surface area contributed by atoms with Gasteiger partial charge in [0.2, 0.25) is 0 Å². The summed E-state index contributed by atoms with van der Waals surface area (Å²) in [7, 11) is 1.77. The predicted octanol–water partition coefficient (Wildman–Crippen LogP) is 3.83. The molecule has 0 aliphatic heterocycles. The van der Waals surface area contributed by atoms with E-state index in [0.29, 0.717) is 23.4 Å². The molecule has 21 heavy (non-hydrogen) atoms. The summed E-state index contributed by atoms with van der Waals surface area (Å²) in [5.74, 6) is 1.20.